The number of hydrogen-bond donors (Lipinski definition) is 3. The summed E-state index contributed by atoms with van der Waals surface area (Å²) >= 11 is 0. The Hall–Kier alpha value is -2.25. The van der Waals surface area contributed by atoms with Crippen LogP contribution in [0.2, 0.25) is 0 Å². The number of nitrogens with one attached hydrogen (secondary N) is 3. The molecule has 7 nitrogen and oxygen atoms in total. The normalized spacial score (nSPS) is 24.0. The van der Waals surface area contributed by atoms with E-state index in [-0.39, 0.29) is 23.4 Å². The molecule has 3 N–H and O–H groups in total. The molecule has 2 aliphatic heterocycles. The van der Waals surface area contributed by atoms with E-state index in [1.807, 2.05) is 23.1 Å². The number of nitrogens with zero attached hydrogens (tertiary/aromatic N) is 2. The fourth-order valence-electron chi connectivity index (χ4n) is 4.15. The molecule has 4 rings (SSSR count). The Morgan fingerprint density at radius 2 is 2.04 bits per heavy atom. The highest BCUT2D eigenvalue weighted by Gasteiger charge is 2.35. The fraction of sp³-hybridized carbons (Fsp3) is 0.550. The number of hydrogen-bond acceptors (Lipinski definition) is 5. The summed E-state index contributed by atoms with van der Waals surface area (Å²) < 4.78 is 0. The minimum atomic E-state index is -0.138. The molecule has 2 unspecified atom stereocenters. The second kappa shape index (κ2) is 7.40. The standard InChI is InChI=1S/C20H27N5O2/c1-12(2)15-11-17(24-23-15)20(27)25-8-5-13(6-9-25)16-10-14-4-3-7-21-18(14)19(26)22-16/h3-4,7,10,12-13,15,17,23-24H,5-6,8-9,11H2,1-2H3,(H,22,26). The van der Waals surface area contributed by atoms with Crippen molar-refractivity contribution in [2.75, 3.05) is 13.1 Å². The van der Waals surface area contributed by atoms with Gasteiger partial charge in [-0.05, 0) is 37.3 Å². The van der Waals surface area contributed by atoms with E-state index in [2.05, 4.69) is 34.7 Å². The van der Waals surface area contributed by atoms with Crippen molar-refractivity contribution in [1.29, 1.82) is 0 Å². The van der Waals surface area contributed by atoms with Crippen LogP contribution in [0.1, 0.15) is 44.7 Å². The second-order valence-electron chi connectivity index (χ2n) is 8.02. The maximum Gasteiger partial charge on any atom is 0.274 e. The number of rotatable bonds is 3. The van der Waals surface area contributed by atoms with E-state index in [1.165, 1.54) is 0 Å². The first kappa shape index (κ1) is 18.1. The molecule has 2 aliphatic rings. The highest BCUT2D eigenvalue weighted by Crippen LogP contribution is 2.28. The lowest BCUT2D eigenvalue weighted by molar-refractivity contribution is -0.134. The van der Waals surface area contributed by atoms with Gasteiger partial charge >= 0.3 is 0 Å². The molecule has 2 saturated heterocycles. The van der Waals surface area contributed by atoms with Gasteiger partial charge in [0.05, 0.1) is 0 Å². The number of piperidine rings is 1. The molecule has 0 spiro atoms. The van der Waals surface area contributed by atoms with E-state index in [4.69, 9.17) is 0 Å². The first-order chi connectivity index (χ1) is 13.0. The summed E-state index contributed by atoms with van der Waals surface area (Å²) in [5, 5.41) is 0.871. The number of aromatic nitrogens is 2. The van der Waals surface area contributed by atoms with Crippen molar-refractivity contribution in [3.63, 3.8) is 0 Å². The fourth-order valence-corrected chi connectivity index (χ4v) is 4.15. The molecule has 0 aromatic carbocycles. The van der Waals surface area contributed by atoms with Crippen LogP contribution in [-0.2, 0) is 4.79 Å². The average Bonchev–Trinajstić information content (AvgIpc) is 3.18. The lowest BCUT2D eigenvalue weighted by Crippen LogP contribution is -2.48. The molecule has 0 bridgehead atoms. The Morgan fingerprint density at radius 1 is 1.26 bits per heavy atom. The molecule has 4 heterocycles. The average molecular weight is 369 g/mol. The molecule has 2 fully saturated rings. The maximum atomic E-state index is 12.8. The molecule has 1 amide bonds. The van der Waals surface area contributed by atoms with Gasteiger partial charge in [-0.3, -0.25) is 20.0 Å². The van der Waals surface area contributed by atoms with Crippen LogP contribution >= 0.6 is 0 Å². The third-order valence-corrected chi connectivity index (χ3v) is 5.90. The van der Waals surface area contributed by atoms with Crippen LogP contribution < -0.4 is 16.4 Å². The van der Waals surface area contributed by atoms with Crippen LogP contribution in [0.3, 0.4) is 0 Å². The number of amides is 1. The molecule has 27 heavy (non-hydrogen) atoms. The molecular weight excluding hydrogens is 342 g/mol. The quantitative estimate of drug-likeness (QED) is 0.763. The van der Waals surface area contributed by atoms with E-state index in [9.17, 15) is 9.59 Å². The van der Waals surface area contributed by atoms with Gasteiger partial charge in [-0.15, -0.1) is 0 Å². The Kier molecular flexibility index (Phi) is 4.97. The monoisotopic (exact) mass is 369 g/mol. The zero-order valence-corrected chi connectivity index (χ0v) is 15.9. The van der Waals surface area contributed by atoms with E-state index in [0.29, 0.717) is 17.5 Å². The molecule has 0 aliphatic carbocycles. The summed E-state index contributed by atoms with van der Waals surface area (Å²) in [6.07, 6.45) is 4.20. The van der Waals surface area contributed by atoms with Gasteiger partial charge < -0.3 is 9.88 Å². The van der Waals surface area contributed by atoms with Crippen molar-refractivity contribution in [2.45, 2.75) is 51.1 Å². The highest BCUT2D eigenvalue weighted by atomic mass is 16.2. The Labute approximate surface area is 158 Å². The Morgan fingerprint density at radius 3 is 2.74 bits per heavy atom. The SMILES string of the molecule is CC(C)C1CC(C(=O)N2CCC(c3cc4cccnc4c(=O)[nH]3)CC2)NN1. The maximum absolute atomic E-state index is 12.8. The summed E-state index contributed by atoms with van der Waals surface area (Å²) in [5.41, 5.74) is 7.70. The number of fused-ring (bicyclic) bond motifs is 1. The van der Waals surface area contributed by atoms with E-state index in [1.54, 1.807) is 6.20 Å². The van der Waals surface area contributed by atoms with Crippen molar-refractivity contribution < 1.29 is 4.79 Å². The third kappa shape index (κ3) is 3.61. The van der Waals surface area contributed by atoms with Gasteiger partial charge in [0.25, 0.3) is 5.56 Å². The zero-order valence-electron chi connectivity index (χ0n) is 15.9. The summed E-state index contributed by atoms with van der Waals surface area (Å²) in [6.45, 7) is 5.78. The molecule has 0 radical (unpaired) electrons. The van der Waals surface area contributed by atoms with Crippen LogP contribution in [0.5, 0.6) is 0 Å². The Balaban J connectivity index is 1.41. The molecular formula is C20H27N5O2. The minimum Gasteiger partial charge on any atom is -0.341 e. The van der Waals surface area contributed by atoms with Crippen LogP contribution in [0.15, 0.2) is 29.2 Å². The van der Waals surface area contributed by atoms with Gasteiger partial charge in [-0.1, -0.05) is 19.9 Å². The van der Waals surface area contributed by atoms with Crippen molar-refractivity contribution in [2.24, 2.45) is 5.92 Å². The van der Waals surface area contributed by atoms with Crippen molar-refractivity contribution >= 4 is 16.8 Å². The van der Waals surface area contributed by atoms with E-state index >= 15 is 0 Å². The minimum absolute atomic E-state index is 0.137. The number of carbonyl (C=O) groups excluding carboxylic acids is 1. The summed E-state index contributed by atoms with van der Waals surface area (Å²) in [5.74, 6) is 0.949. The molecule has 144 valence electrons. The summed E-state index contributed by atoms with van der Waals surface area (Å²) in [4.78, 5) is 34.2. The third-order valence-electron chi connectivity index (χ3n) is 5.90. The predicted octanol–water partition coefficient (Wildman–Crippen LogP) is 1.52. The smallest absolute Gasteiger partial charge is 0.274 e. The summed E-state index contributed by atoms with van der Waals surface area (Å²) in [7, 11) is 0. The zero-order chi connectivity index (χ0) is 19.0. The highest BCUT2D eigenvalue weighted by molar-refractivity contribution is 5.82. The van der Waals surface area contributed by atoms with Crippen LogP contribution in [0, 0.1) is 5.92 Å². The van der Waals surface area contributed by atoms with Gasteiger partial charge in [-0.25, -0.2) is 5.43 Å². The molecule has 7 heteroatoms. The first-order valence-electron chi connectivity index (χ1n) is 9.80. The first-order valence-corrected chi connectivity index (χ1v) is 9.80. The molecule has 2 aromatic rings. The van der Waals surface area contributed by atoms with Gasteiger partial charge in [0.1, 0.15) is 11.6 Å². The number of hydrazine groups is 1. The topological polar surface area (TPSA) is 90.1 Å². The van der Waals surface area contributed by atoms with Crippen LogP contribution in [0.4, 0.5) is 0 Å². The molecule has 0 saturated carbocycles. The van der Waals surface area contributed by atoms with Crippen molar-refractivity contribution in [3.05, 3.63) is 40.4 Å². The second-order valence-corrected chi connectivity index (χ2v) is 8.02. The number of pyridine rings is 2. The lowest BCUT2D eigenvalue weighted by Gasteiger charge is -2.33. The van der Waals surface area contributed by atoms with Crippen molar-refractivity contribution in [3.8, 4) is 0 Å². The van der Waals surface area contributed by atoms with Gasteiger partial charge in [-0.2, -0.15) is 0 Å². The number of aromatic amines is 1. The van der Waals surface area contributed by atoms with Crippen LogP contribution in [0.25, 0.3) is 10.9 Å². The van der Waals surface area contributed by atoms with Crippen LogP contribution in [-0.4, -0.2) is 45.9 Å². The predicted molar refractivity (Wildman–Crippen MR) is 104 cm³/mol. The largest absolute Gasteiger partial charge is 0.341 e. The van der Waals surface area contributed by atoms with Crippen molar-refractivity contribution in [1.82, 2.24) is 25.7 Å². The Bertz CT molecular complexity index is 885. The van der Waals surface area contributed by atoms with E-state index < -0.39 is 0 Å². The van der Waals surface area contributed by atoms with Gasteiger partial charge in [0, 0.05) is 42.3 Å². The summed E-state index contributed by atoms with van der Waals surface area (Å²) in [6, 6.07) is 6.00. The number of carbonyl (C=O) groups is 1. The number of H-pyrrole nitrogens is 1. The molecule has 2 aromatic heterocycles. The van der Waals surface area contributed by atoms with E-state index in [0.717, 1.165) is 43.4 Å². The molecule has 2 atom stereocenters. The van der Waals surface area contributed by atoms with Gasteiger partial charge in [0.15, 0.2) is 0 Å². The van der Waals surface area contributed by atoms with Gasteiger partial charge in [0.2, 0.25) is 5.91 Å². The number of likely N-dealkylation sites (tertiary alicyclic amines) is 1. The lowest BCUT2D eigenvalue weighted by atomic mass is 9.91.